The molecule has 3 atom stereocenters. The lowest BCUT2D eigenvalue weighted by molar-refractivity contribution is -0.143. The number of hydrogen-bond donors (Lipinski definition) is 6. The zero-order valence-electron chi connectivity index (χ0n) is 20.1. The summed E-state index contributed by atoms with van der Waals surface area (Å²) in [5, 5.41) is 35.6. The van der Waals surface area contributed by atoms with E-state index in [2.05, 4.69) is 16.0 Å². The topological polar surface area (TPSA) is 174 Å². The average Bonchev–Trinajstić information content (AvgIpc) is 2.70. The van der Waals surface area contributed by atoms with Crippen molar-refractivity contribution in [3.8, 4) is 5.75 Å². The Labute approximate surface area is 198 Å². The van der Waals surface area contributed by atoms with Crippen LogP contribution in [0.4, 0.5) is 4.79 Å². The molecule has 0 spiro atoms. The molecule has 6 N–H and O–H groups in total. The van der Waals surface area contributed by atoms with Crippen LogP contribution in [0.25, 0.3) is 0 Å². The van der Waals surface area contributed by atoms with Crippen molar-refractivity contribution in [2.75, 3.05) is 6.61 Å². The average molecular weight is 482 g/mol. The van der Waals surface area contributed by atoms with Crippen LogP contribution >= 0.6 is 0 Å². The van der Waals surface area contributed by atoms with E-state index in [0.717, 1.165) is 0 Å². The molecule has 11 nitrogen and oxygen atoms in total. The van der Waals surface area contributed by atoms with Gasteiger partial charge in [0.2, 0.25) is 11.8 Å². The van der Waals surface area contributed by atoms with Crippen LogP contribution in [0.1, 0.15) is 46.6 Å². The van der Waals surface area contributed by atoms with Gasteiger partial charge in [0.05, 0.1) is 6.61 Å². The molecule has 11 heteroatoms. The van der Waals surface area contributed by atoms with Gasteiger partial charge in [-0.3, -0.25) is 9.59 Å². The smallest absolute Gasteiger partial charge is 0.408 e. The lowest BCUT2D eigenvalue weighted by atomic mass is 10.0. The predicted molar refractivity (Wildman–Crippen MR) is 123 cm³/mol. The second kappa shape index (κ2) is 12.8. The summed E-state index contributed by atoms with van der Waals surface area (Å²) in [7, 11) is 0. The fraction of sp³-hybridized carbons (Fsp3) is 0.565. The normalized spacial score (nSPS) is 14.0. The third kappa shape index (κ3) is 10.5. The number of amides is 3. The first-order chi connectivity index (χ1) is 15.7. The molecule has 0 heterocycles. The SMILES string of the molecule is CC(C)C[C@H](NC(=O)[C@H](CO)NC(=O)[C@H](Cc1ccc(O)cc1)NC(=O)OC(C)(C)C)C(=O)O. The second-order valence-electron chi connectivity index (χ2n) is 9.34. The van der Waals surface area contributed by atoms with Crippen LogP contribution in [0.5, 0.6) is 5.75 Å². The lowest BCUT2D eigenvalue weighted by Crippen LogP contribution is -2.57. The summed E-state index contributed by atoms with van der Waals surface area (Å²) in [5.41, 5.74) is -0.221. The molecule has 0 saturated heterocycles. The molecule has 3 amide bonds. The van der Waals surface area contributed by atoms with Crippen LogP contribution < -0.4 is 16.0 Å². The monoisotopic (exact) mass is 481 g/mol. The van der Waals surface area contributed by atoms with E-state index < -0.39 is 54.2 Å². The van der Waals surface area contributed by atoms with Crippen molar-refractivity contribution in [1.82, 2.24) is 16.0 Å². The van der Waals surface area contributed by atoms with Crippen LogP contribution in [-0.4, -0.2) is 69.5 Å². The van der Waals surface area contributed by atoms with E-state index in [0.29, 0.717) is 5.56 Å². The molecule has 1 rings (SSSR count). The Hall–Kier alpha value is -3.34. The number of phenolic OH excluding ortho intramolecular Hbond substituents is 1. The van der Waals surface area contributed by atoms with E-state index in [-0.39, 0.29) is 24.5 Å². The van der Waals surface area contributed by atoms with Gasteiger partial charge in [-0.25, -0.2) is 9.59 Å². The van der Waals surface area contributed by atoms with Gasteiger partial charge in [0.1, 0.15) is 29.5 Å². The number of aliphatic hydroxyl groups is 1. The molecule has 0 bridgehead atoms. The van der Waals surface area contributed by atoms with Crippen molar-refractivity contribution in [2.45, 2.75) is 71.2 Å². The maximum absolute atomic E-state index is 12.9. The number of carboxylic acid groups (broad SMARTS) is 1. The Balaban J connectivity index is 2.99. The quantitative estimate of drug-likeness (QED) is 0.270. The number of carbonyl (C=O) groups is 4. The fourth-order valence-corrected chi connectivity index (χ4v) is 2.96. The third-order valence-corrected chi connectivity index (χ3v) is 4.52. The Bertz CT molecular complexity index is 849. The molecule has 0 radical (unpaired) electrons. The number of aliphatic hydroxyl groups excluding tert-OH is 1. The standard InChI is InChI=1S/C23H35N3O8/c1-13(2)10-17(21(31)32)24-20(30)18(12-27)25-19(29)16(26-22(33)34-23(3,4)5)11-14-6-8-15(28)9-7-14/h6-9,13,16-18,27-28H,10-12H2,1-5H3,(H,24,30)(H,25,29)(H,26,33)(H,31,32)/t16-,17-,18-/m0/s1. The Morgan fingerprint density at radius 1 is 0.912 bits per heavy atom. The highest BCUT2D eigenvalue weighted by Crippen LogP contribution is 2.13. The Morgan fingerprint density at radius 3 is 1.91 bits per heavy atom. The van der Waals surface area contributed by atoms with Gasteiger partial charge in [0, 0.05) is 6.42 Å². The number of phenols is 1. The number of hydrogen-bond acceptors (Lipinski definition) is 7. The summed E-state index contributed by atoms with van der Waals surface area (Å²) in [5.74, 6) is -2.89. The number of rotatable bonds is 11. The van der Waals surface area contributed by atoms with Crippen LogP contribution in [0.3, 0.4) is 0 Å². The van der Waals surface area contributed by atoms with Gasteiger partial charge in [0.25, 0.3) is 0 Å². The number of nitrogens with one attached hydrogen (secondary N) is 3. The van der Waals surface area contributed by atoms with E-state index in [4.69, 9.17) is 4.74 Å². The number of carbonyl (C=O) groups excluding carboxylic acids is 3. The molecule has 190 valence electrons. The Kier molecular flexibility index (Phi) is 10.8. The zero-order valence-corrected chi connectivity index (χ0v) is 20.1. The number of aliphatic carboxylic acids is 1. The van der Waals surface area contributed by atoms with Gasteiger partial charge < -0.3 is 36.0 Å². The van der Waals surface area contributed by atoms with E-state index in [1.54, 1.807) is 46.8 Å². The van der Waals surface area contributed by atoms with Gasteiger partial charge in [-0.1, -0.05) is 26.0 Å². The summed E-state index contributed by atoms with van der Waals surface area (Å²) in [6, 6.07) is 2.14. The second-order valence-corrected chi connectivity index (χ2v) is 9.34. The third-order valence-electron chi connectivity index (χ3n) is 4.52. The number of ether oxygens (including phenoxy) is 1. The largest absolute Gasteiger partial charge is 0.508 e. The molecular weight excluding hydrogens is 446 g/mol. The van der Waals surface area contributed by atoms with Gasteiger partial charge >= 0.3 is 12.1 Å². The van der Waals surface area contributed by atoms with Crippen LogP contribution in [0.2, 0.25) is 0 Å². The minimum Gasteiger partial charge on any atom is -0.508 e. The summed E-state index contributed by atoms with van der Waals surface area (Å²) in [6.45, 7) is 7.77. The molecule has 0 aliphatic rings. The minimum absolute atomic E-state index is 0.00375. The first-order valence-corrected chi connectivity index (χ1v) is 10.9. The van der Waals surface area contributed by atoms with Crippen molar-refractivity contribution >= 4 is 23.9 Å². The van der Waals surface area contributed by atoms with Crippen molar-refractivity contribution in [3.63, 3.8) is 0 Å². The highest BCUT2D eigenvalue weighted by atomic mass is 16.6. The minimum atomic E-state index is -1.44. The molecule has 0 aromatic heterocycles. The Morgan fingerprint density at radius 2 is 1.44 bits per heavy atom. The lowest BCUT2D eigenvalue weighted by Gasteiger charge is -2.25. The first kappa shape index (κ1) is 28.7. The molecule has 0 saturated carbocycles. The summed E-state index contributed by atoms with van der Waals surface area (Å²) in [6.07, 6.45) is -0.702. The first-order valence-electron chi connectivity index (χ1n) is 10.9. The molecule has 1 aromatic rings. The van der Waals surface area contributed by atoms with Crippen LogP contribution in [0.15, 0.2) is 24.3 Å². The number of aromatic hydroxyl groups is 1. The molecule has 34 heavy (non-hydrogen) atoms. The van der Waals surface area contributed by atoms with Gasteiger partial charge in [-0.15, -0.1) is 0 Å². The molecule has 0 aliphatic heterocycles. The summed E-state index contributed by atoms with van der Waals surface area (Å²) in [4.78, 5) is 49.2. The highest BCUT2D eigenvalue weighted by molar-refractivity contribution is 5.93. The maximum Gasteiger partial charge on any atom is 0.408 e. The molecule has 0 fully saturated rings. The molecule has 1 aromatic carbocycles. The number of alkyl carbamates (subject to hydrolysis) is 1. The van der Waals surface area contributed by atoms with E-state index in [1.807, 2.05) is 0 Å². The summed E-state index contributed by atoms with van der Waals surface area (Å²) < 4.78 is 5.21. The maximum atomic E-state index is 12.9. The fourth-order valence-electron chi connectivity index (χ4n) is 2.96. The predicted octanol–water partition coefficient (Wildman–Crippen LogP) is 0.921. The van der Waals surface area contributed by atoms with E-state index >= 15 is 0 Å². The van der Waals surface area contributed by atoms with Crippen LogP contribution in [0, 0.1) is 5.92 Å². The summed E-state index contributed by atoms with van der Waals surface area (Å²) >= 11 is 0. The van der Waals surface area contributed by atoms with Gasteiger partial charge in [-0.2, -0.15) is 0 Å². The molecule has 0 unspecified atom stereocenters. The van der Waals surface area contributed by atoms with Crippen molar-refractivity contribution in [2.24, 2.45) is 5.92 Å². The molecular formula is C23H35N3O8. The van der Waals surface area contributed by atoms with Crippen LogP contribution in [-0.2, 0) is 25.5 Å². The molecule has 0 aliphatic carbocycles. The van der Waals surface area contributed by atoms with Crippen molar-refractivity contribution < 1.29 is 39.2 Å². The van der Waals surface area contributed by atoms with Crippen molar-refractivity contribution in [3.05, 3.63) is 29.8 Å². The number of carboxylic acids is 1. The van der Waals surface area contributed by atoms with Gasteiger partial charge in [-0.05, 0) is 50.8 Å². The zero-order chi connectivity index (χ0) is 26.1. The van der Waals surface area contributed by atoms with E-state index in [9.17, 15) is 34.5 Å². The van der Waals surface area contributed by atoms with Gasteiger partial charge in [0.15, 0.2) is 0 Å². The van der Waals surface area contributed by atoms with E-state index in [1.165, 1.54) is 12.1 Å². The highest BCUT2D eigenvalue weighted by Gasteiger charge is 2.30. The number of benzene rings is 1. The van der Waals surface area contributed by atoms with Crippen molar-refractivity contribution in [1.29, 1.82) is 0 Å².